The summed E-state index contributed by atoms with van der Waals surface area (Å²) in [6.45, 7) is 3.95. The van der Waals surface area contributed by atoms with Crippen molar-refractivity contribution in [3.63, 3.8) is 0 Å². The Kier molecular flexibility index (Phi) is 6.73. The number of ether oxygens (including phenoxy) is 1. The van der Waals surface area contributed by atoms with E-state index in [0.29, 0.717) is 36.2 Å². The molecule has 0 bridgehead atoms. The largest absolute Gasteiger partial charge is 0.467 e. The number of thiazole rings is 1. The Balaban J connectivity index is 1.28. The van der Waals surface area contributed by atoms with Gasteiger partial charge < -0.3 is 9.64 Å². The molecule has 1 saturated carbocycles. The number of benzene rings is 1. The van der Waals surface area contributed by atoms with Crippen LogP contribution in [0.2, 0.25) is 0 Å². The molecular weight excluding hydrogens is 532 g/mol. The van der Waals surface area contributed by atoms with Crippen LogP contribution in [0.1, 0.15) is 59.1 Å². The maximum absolute atomic E-state index is 13.9. The number of anilines is 1. The van der Waals surface area contributed by atoms with Gasteiger partial charge >= 0.3 is 5.97 Å². The van der Waals surface area contributed by atoms with Gasteiger partial charge in [-0.1, -0.05) is 24.1 Å². The monoisotopic (exact) mass is 562 g/mol. The fraction of sp³-hybridized carbons (Fsp3) is 0.464. The summed E-state index contributed by atoms with van der Waals surface area (Å²) in [6, 6.07) is 3.89. The predicted molar refractivity (Wildman–Crippen MR) is 145 cm³/mol. The highest BCUT2D eigenvalue weighted by molar-refractivity contribution is 7.09. The van der Waals surface area contributed by atoms with Crippen LogP contribution in [0.15, 0.2) is 29.8 Å². The van der Waals surface area contributed by atoms with Crippen molar-refractivity contribution >= 4 is 40.7 Å². The van der Waals surface area contributed by atoms with Gasteiger partial charge in [-0.05, 0) is 44.4 Å². The fourth-order valence-corrected chi connectivity index (χ4v) is 6.80. The number of methoxy groups -OCH3 is 1. The van der Waals surface area contributed by atoms with E-state index in [0.717, 1.165) is 29.1 Å². The molecule has 3 aliphatic rings. The van der Waals surface area contributed by atoms with E-state index in [9.17, 15) is 19.2 Å². The third-order valence-corrected chi connectivity index (χ3v) is 9.09. The van der Waals surface area contributed by atoms with E-state index in [4.69, 9.17) is 4.74 Å². The first kappa shape index (κ1) is 26.3. The van der Waals surface area contributed by atoms with Crippen LogP contribution < -0.4 is 4.90 Å². The van der Waals surface area contributed by atoms with Crippen molar-refractivity contribution in [3.05, 3.63) is 45.9 Å². The van der Waals surface area contributed by atoms with Crippen LogP contribution in [0.3, 0.4) is 0 Å². The summed E-state index contributed by atoms with van der Waals surface area (Å²) in [5.74, 6) is -1.85. The van der Waals surface area contributed by atoms with E-state index in [2.05, 4.69) is 15.3 Å². The number of aromatic nitrogens is 4. The maximum atomic E-state index is 13.9. The van der Waals surface area contributed by atoms with Gasteiger partial charge in [-0.3, -0.25) is 14.4 Å². The quantitative estimate of drug-likeness (QED) is 0.342. The van der Waals surface area contributed by atoms with E-state index < -0.39 is 12.0 Å². The number of fused-ring (bicyclic) bond motifs is 1. The number of rotatable bonds is 5. The molecule has 0 N–H and O–H groups in total. The van der Waals surface area contributed by atoms with Crippen LogP contribution in [-0.4, -0.2) is 68.3 Å². The van der Waals surface area contributed by atoms with Crippen LogP contribution in [-0.2, 0) is 19.1 Å². The maximum Gasteiger partial charge on any atom is 0.328 e. The van der Waals surface area contributed by atoms with Crippen molar-refractivity contribution in [1.82, 2.24) is 24.9 Å². The highest BCUT2D eigenvalue weighted by Crippen LogP contribution is 2.41. The molecule has 2 saturated heterocycles. The number of esters is 1. The minimum Gasteiger partial charge on any atom is -0.467 e. The van der Waals surface area contributed by atoms with Gasteiger partial charge in [0, 0.05) is 23.9 Å². The number of likely N-dealkylation sites (tertiary alicyclic amines) is 1. The average molecular weight is 563 g/mol. The average Bonchev–Trinajstić information content (AvgIpc) is 3.75. The highest BCUT2D eigenvalue weighted by atomic mass is 32.1. The van der Waals surface area contributed by atoms with Crippen molar-refractivity contribution in [1.29, 1.82) is 0 Å². The molecule has 2 unspecified atom stereocenters. The van der Waals surface area contributed by atoms with Gasteiger partial charge in [0.2, 0.25) is 11.8 Å². The van der Waals surface area contributed by atoms with Crippen LogP contribution in [0.4, 0.5) is 5.69 Å². The van der Waals surface area contributed by atoms with Gasteiger partial charge in [0.05, 0.1) is 41.9 Å². The smallest absolute Gasteiger partial charge is 0.328 e. The molecule has 4 heterocycles. The zero-order valence-corrected chi connectivity index (χ0v) is 23.4. The first-order chi connectivity index (χ1) is 19.3. The van der Waals surface area contributed by atoms with Gasteiger partial charge in [0.1, 0.15) is 17.4 Å². The second-order valence-corrected chi connectivity index (χ2v) is 11.8. The molecule has 208 valence electrons. The molecule has 4 atom stereocenters. The zero-order chi connectivity index (χ0) is 28.1. The Labute approximate surface area is 235 Å². The van der Waals surface area contributed by atoms with E-state index in [-0.39, 0.29) is 42.1 Å². The summed E-state index contributed by atoms with van der Waals surface area (Å²) in [5.41, 5.74) is 2.80. The van der Waals surface area contributed by atoms with Gasteiger partial charge in [-0.15, -0.1) is 16.4 Å². The summed E-state index contributed by atoms with van der Waals surface area (Å²) in [7, 11) is 1.30. The molecule has 3 amide bonds. The molecule has 40 heavy (non-hydrogen) atoms. The number of carbonyl (C=O) groups is 4. The topological polar surface area (TPSA) is 128 Å². The molecule has 12 heteroatoms. The number of nitrogens with zero attached hydrogens (tertiary/aromatic N) is 6. The van der Waals surface area contributed by atoms with Crippen molar-refractivity contribution in [2.24, 2.45) is 11.8 Å². The van der Waals surface area contributed by atoms with E-state index in [1.54, 1.807) is 29.1 Å². The third kappa shape index (κ3) is 4.40. The number of amides is 3. The summed E-state index contributed by atoms with van der Waals surface area (Å²) in [5, 5.41) is 11.3. The van der Waals surface area contributed by atoms with Crippen molar-refractivity contribution < 1.29 is 23.9 Å². The summed E-state index contributed by atoms with van der Waals surface area (Å²) >= 11 is 1.52. The SMILES string of the molecule is COC(=O)[C@H]1C[C@@H](n2cc(-c3csc(C)n3)nn2)CN1C(=O)c1ccc(C)c(N2C(=O)C3CCCCC3C2=O)c1. The van der Waals surface area contributed by atoms with Gasteiger partial charge in [0.15, 0.2) is 0 Å². The molecule has 6 rings (SSSR count). The van der Waals surface area contributed by atoms with Crippen molar-refractivity contribution in [3.8, 4) is 11.4 Å². The Morgan fingerprint density at radius 3 is 2.42 bits per heavy atom. The lowest BCUT2D eigenvalue weighted by molar-refractivity contribution is -0.145. The Morgan fingerprint density at radius 2 is 1.77 bits per heavy atom. The molecule has 0 spiro atoms. The molecule has 0 radical (unpaired) electrons. The number of carbonyl (C=O) groups excluding carboxylic acids is 4. The molecule has 1 aliphatic carbocycles. The third-order valence-electron chi connectivity index (χ3n) is 8.32. The van der Waals surface area contributed by atoms with E-state index in [1.807, 2.05) is 19.2 Å². The number of hydrogen-bond acceptors (Lipinski definition) is 9. The minimum absolute atomic E-state index is 0.187. The molecule has 2 aromatic heterocycles. The van der Waals surface area contributed by atoms with E-state index >= 15 is 0 Å². The minimum atomic E-state index is -0.820. The Hall–Kier alpha value is -3.93. The van der Waals surface area contributed by atoms with Crippen molar-refractivity contribution in [2.75, 3.05) is 18.6 Å². The van der Waals surface area contributed by atoms with Gasteiger partial charge in [-0.25, -0.2) is 19.4 Å². The van der Waals surface area contributed by atoms with Crippen LogP contribution in [0.25, 0.3) is 11.4 Å². The molecule has 11 nitrogen and oxygen atoms in total. The van der Waals surface area contributed by atoms with E-state index in [1.165, 1.54) is 28.2 Å². The lowest BCUT2D eigenvalue weighted by atomic mass is 9.81. The summed E-state index contributed by atoms with van der Waals surface area (Å²) in [4.78, 5) is 60.3. The second-order valence-electron chi connectivity index (χ2n) is 10.7. The first-order valence-electron chi connectivity index (χ1n) is 13.5. The Morgan fingerprint density at radius 1 is 1.05 bits per heavy atom. The van der Waals surface area contributed by atoms with Crippen molar-refractivity contribution in [2.45, 2.75) is 58.0 Å². The van der Waals surface area contributed by atoms with Crippen LogP contribution >= 0.6 is 11.3 Å². The lowest BCUT2D eigenvalue weighted by Gasteiger charge is -2.24. The van der Waals surface area contributed by atoms with Crippen LogP contribution in [0.5, 0.6) is 0 Å². The van der Waals surface area contributed by atoms with Gasteiger partial charge in [-0.2, -0.15) is 0 Å². The predicted octanol–water partition coefficient (Wildman–Crippen LogP) is 3.33. The first-order valence-corrected chi connectivity index (χ1v) is 14.4. The lowest BCUT2D eigenvalue weighted by Crippen LogP contribution is -2.41. The number of hydrogen-bond donors (Lipinski definition) is 0. The number of aryl methyl sites for hydroxylation is 2. The Bertz CT molecular complexity index is 1490. The zero-order valence-electron chi connectivity index (χ0n) is 22.6. The van der Waals surface area contributed by atoms with Gasteiger partial charge in [0.25, 0.3) is 5.91 Å². The second kappa shape index (κ2) is 10.2. The molecule has 2 aliphatic heterocycles. The fourth-order valence-electron chi connectivity index (χ4n) is 6.19. The summed E-state index contributed by atoms with van der Waals surface area (Å²) in [6.07, 6.45) is 5.38. The van der Waals surface area contributed by atoms with Crippen LogP contribution in [0, 0.1) is 25.7 Å². The number of imide groups is 1. The molecular formula is C28H30N6O5S. The molecule has 3 aromatic rings. The standard InChI is InChI=1S/C28H30N6O5S/c1-15-8-9-17(10-23(15)34-26(36)19-6-4-5-7-20(19)27(34)37)25(35)32-12-18(11-24(32)28(38)39-3)33-13-21(30-31-33)22-14-40-16(2)29-22/h8-10,13-14,18-20,24H,4-7,11-12H2,1-3H3/t18-,19?,20?,24-/m1/s1. The molecule has 1 aromatic carbocycles. The molecule has 3 fully saturated rings. The normalized spacial score (nSPS) is 24.5. The highest BCUT2D eigenvalue weighted by Gasteiger charge is 2.49. The summed E-state index contributed by atoms with van der Waals surface area (Å²) < 4.78 is 6.70.